The Kier molecular flexibility index (Phi) is 7.32. The van der Waals surface area contributed by atoms with Crippen molar-refractivity contribution in [2.45, 2.75) is 25.9 Å². The second-order valence-electron chi connectivity index (χ2n) is 7.30. The standard InChI is InChI=1S/C21H26BrN3O3S/c1-29(27,28)25(20-7-3-2-6-19(20)22)16-21(26)23-14-17-8-10-18(11-9-17)15-24-12-4-5-13-24/h2-3,6-11H,4-5,12-16H2,1H3,(H,23,26). The maximum absolute atomic E-state index is 12.4. The van der Waals surface area contributed by atoms with Crippen LogP contribution in [-0.2, 0) is 27.9 Å². The molecule has 1 N–H and O–H groups in total. The van der Waals surface area contributed by atoms with Crippen LogP contribution in [0.1, 0.15) is 24.0 Å². The normalized spacial score (nSPS) is 14.7. The Labute approximate surface area is 181 Å². The number of benzene rings is 2. The highest BCUT2D eigenvalue weighted by atomic mass is 79.9. The topological polar surface area (TPSA) is 69.7 Å². The van der Waals surface area contributed by atoms with E-state index in [2.05, 4.69) is 38.3 Å². The van der Waals surface area contributed by atoms with E-state index in [-0.39, 0.29) is 12.5 Å². The molecule has 1 aliphatic heterocycles. The summed E-state index contributed by atoms with van der Waals surface area (Å²) in [5.41, 5.74) is 2.69. The minimum Gasteiger partial charge on any atom is -0.350 e. The molecule has 1 saturated heterocycles. The number of sulfonamides is 1. The average Bonchev–Trinajstić information content (AvgIpc) is 3.18. The third-order valence-electron chi connectivity index (χ3n) is 4.93. The number of hydrogen-bond donors (Lipinski definition) is 1. The van der Waals surface area contributed by atoms with Crippen molar-refractivity contribution in [3.05, 3.63) is 64.1 Å². The highest BCUT2D eigenvalue weighted by molar-refractivity contribution is 9.10. The molecule has 2 aromatic carbocycles. The van der Waals surface area contributed by atoms with Gasteiger partial charge in [-0.25, -0.2) is 8.42 Å². The molecular formula is C21H26BrN3O3S. The van der Waals surface area contributed by atoms with Crippen LogP contribution in [0.2, 0.25) is 0 Å². The summed E-state index contributed by atoms with van der Waals surface area (Å²) >= 11 is 3.35. The molecule has 1 aliphatic rings. The molecule has 0 bridgehead atoms. The summed E-state index contributed by atoms with van der Waals surface area (Å²) in [5, 5.41) is 2.81. The number of rotatable bonds is 8. The SMILES string of the molecule is CS(=O)(=O)N(CC(=O)NCc1ccc(CN2CCCC2)cc1)c1ccccc1Br. The van der Waals surface area contributed by atoms with E-state index in [0.717, 1.165) is 35.8 Å². The molecule has 0 atom stereocenters. The van der Waals surface area contributed by atoms with E-state index >= 15 is 0 Å². The number of nitrogens with one attached hydrogen (secondary N) is 1. The number of amides is 1. The monoisotopic (exact) mass is 479 g/mol. The number of para-hydroxylation sites is 1. The Morgan fingerprint density at radius 3 is 2.31 bits per heavy atom. The number of anilines is 1. The molecule has 3 rings (SSSR count). The Morgan fingerprint density at radius 1 is 1.07 bits per heavy atom. The molecule has 0 aromatic heterocycles. The lowest BCUT2D eigenvalue weighted by Gasteiger charge is -2.23. The van der Waals surface area contributed by atoms with Crippen molar-refractivity contribution in [3.63, 3.8) is 0 Å². The molecule has 0 aliphatic carbocycles. The molecule has 156 valence electrons. The van der Waals surface area contributed by atoms with Crippen LogP contribution in [0.3, 0.4) is 0 Å². The zero-order valence-corrected chi connectivity index (χ0v) is 18.9. The fraction of sp³-hybridized carbons (Fsp3) is 0.381. The lowest BCUT2D eigenvalue weighted by atomic mass is 10.1. The zero-order valence-electron chi connectivity index (χ0n) is 16.5. The van der Waals surface area contributed by atoms with Gasteiger partial charge in [0, 0.05) is 17.6 Å². The largest absolute Gasteiger partial charge is 0.350 e. The highest BCUT2D eigenvalue weighted by Crippen LogP contribution is 2.27. The fourth-order valence-corrected chi connectivity index (χ4v) is 4.87. The number of hydrogen-bond acceptors (Lipinski definition) is 4. The van der Waals surface area contributed by atoms with Crippen molar-refractivity contribution in [3.8, 4) is 0 Å². The Balaban J connectivity index is 1.57. The molecule has 0 unspecified atom stereocenters. The van der Waals surface area contributed by atoms with E-state index in [4.69, 9.17) is 0 Å². The van der Waals surface area contributed by atoms with E-state index in [1.165, 1.54) is 18.4 Å². The van der Waals surface area contributed by atoms with E-state index in [1.54, 1.807) is 24.3 Å². The molecule has 29 heavy (non-hydrogen) atoms. The summed E-state index contributed by atoms with van der Waals surface area (Å²) in [7, 11) is -3.60. The van der Waals surface area contributed by atoms with Gasteiger partial charge in [-0.2, -0.15) is 0 Å². The number of nitrogens with zero attached hydrogens (tertiary/aromatic N) is 2. The van der Waals surface area contributed by atoms with Crippen LogP contribution in [0.25, 0.3) is 0 Å². The summed E-state index contributed by atoms with van der Waals surface area (Å²) in [6.07, 6.45) is 3.64. The third-order valence-corrected chi connectivity index (χ3v) is 6.72. The van der Waals surface area contributed by atoms with E-state index in [0.29, 0.717) is 16.7 Å². The number of likely N-dealkylation sites (tertiary alicyclic amines) is 1. The van der Waals surface area contributed by atoms with Gasteiger partial charge < -0.3 is 5.32 Å². The van der Waals surface area contributed by atoms with Crippen molar-refractivity contribution in [2.75, 3.05) is 30.2 Å². The van der Waals surface area contributed by atoms with Gasteiger partial charge in [-0.05, 0) is 65.1 Å². The minimum absolute atomic E-state index is 0.269. The van der Waals surface area contributed by atoms with Crippen molar-refractivity contribution >= 4 is 37.5 Å². The highest BCUT2D eigenvalue weighted by Gasteiger charge is 2.22. The maximum atomic E-state index is 12.4. The van der Waals surface area contributed by atoms with Crippen LogP contribution >= 0.6 is 15.9 Å². The molecule has 1 fully saturated rings. The van der Waals surface area contributed by atoms with Gasteiger partial charge in [0.25, 0.3) is 0 Å². The van der Waals surface area contributed by atoms with Crippen LogP contribution in [0, 0.1) is 0 Å². The Bertz CT molecular complexity index is 942. The molecule has 6 nitrogen and oxygen atoms in total. The van der Waals surface area contributed by atoms with Gasteiger partial charge in [0.1, 0.15) is 6.54 Å². The molecular weight excluding hydrogens is 454 g/mol. The molecule has 0 spiro atoms. The fourth-order valence-electron chi connectivity index (χ4n) is 3.38. The van der Waals surface area contributed by atoms with Crippen LogP contribution in [0.4, 0.5) is 5.69 Å². The Hall–Kier alpha value is -1.90. The first-order valence-electron chi connectivity index (χ1n) is 9.62. The summed E-state index contributed by atoms with van der Waals surface area (Å²) in [6.45, 7) is 3.37. The zero-order chi connectivity index (χ0) is 20.9. The number of halogens is 1. The van der Waals surface area contributed by atoms with Crippen molar-refractivity contribution in [2.24, 2.45) is 0 Å². The molecule has 1 heterocycles. The second-order valence-corrected chi connectivity index (χ2v) is 10.1. The molecule has 0 saturated carbocycles. The van der Waals surface area contributed by atoms with Crippen molar-refractivity contribution in [1.29, 1.82) is 0 Å². The molecule has 1 amide bonds. The second kappa shape index (κ2) is 9.73. The van der Waals surface area contributed by atoms with Gasteiger partial charge in [-0.15, -0.1) is 0 Å². The van der Waals surface area contributed by atoms with Gasteiger partial charge in [0.2, 0.25) is 15.9 Å². The van der Waals surface area contributed by atoms with Gasteiger partial charge in [0.15, 0.2) is 0 Å². The predicted molar refractivity (Wildman–Crippen MR) is 119 cm³/mol. The number of carbonyl (C=O) groups excluding carboxylic acids is 1. The maximum Gasteiger partial charge on any atom is 0.241 e. The van der Waals surface area contributed by atoms with Gasteiger partial charge in [-0.1, -0.05) is 36.4 Å². The summed E-state index contributed by atoms with van der Waals surface area (Å²) < 4.78 is 26.1. The van der Waals surface area contributed by atoms with Crippen molar-refractivity contribution < 1.29 is 13.2 Å². The summed E-state index contributed by atoms with van der Waals surface area (Å²) in [6, 6.07) is 15.1. The summed E-state index contributed by atoms with van der Waals surface area (Å²) in [5.74, 6) is -0.354. The van der Waals surface area contributed by atoms with Gasteiger partial charge >= 0.3 is 0 Å². The lowest BCUT2D eigenvalue weighted by Crippen LogP contribution is -2.40. The quantitative estimate of drug-likeness (QED) is 0.631. The lowest BCUT2D eigenvalue weighted by molar-refractivity contribution is -0.119. The molecule has 2 aromatic rings. The molecule has 0 radical (unpaired) electrons. The minimum atomic E-state index is -3.60. The van der Waals surface area contributed by atoms with Crippen molar-refractivity contribution in [1.82, 2.24) is 10.2 Å². The van der Waals surface area contributed by atoms with Crippen LogP contribution in [-0.4, -0.2) is 45.1 Å². The number of carbonyl (C=O) groups is 1. The summed E-state index contributed by atoms with van der Waals surface area (Å²) in [4.78, 5) is 14.9. The van der Waals surface area contributed by atoms with Crippen LogP contribution < -0.4 is 9.62 Å². The predicted octanol–water partition coefficient (Wildman–Crippen LogP) is 3.13. The first-order chi connectivity index (χ1) is 13.8. The van der Waals surface area contributed by atoms with E-state index < -0.39 is 10.0 Å². The van der Waals surface area contributed by atoms with E-state index in [9.17, 15) is 13.2 Å². The first kappa shape index (κ1) is 21.8. The van der Waals surface area contributed by atoms with Crippen LogP contribution in [0.15, 0.2) is 53.0 Å². The van der Waals surface area contributed by atoms with Gasteiger partial charge in [0.05, 0.1) is 11.9 Å². The van der Waals surface area contributed by atoms with E-state index in [1.807, 2.05) is 12.1 Å². The molecule has 8 heteroatoms. The van der Waals surface area contributed by atoms with Gasteiger partial charge in [-0.3, -0.25) is 14.0 Å². The smallest absolute Gasteiger partial charge is 0.241 e. The van der Waals surface area contributed by atoms with Crippen LogP contribution in [0.5, 0.6) is 0 Å². The Morgan fingerprint density at radius 2 is 1.69 bits per heavy atom. The third kappa shape index (κ3) is 6.29. The average molecular weight is 480 g/mol. The first-order valence-corrected chi connectivity index (χ1v) is 12.3.